The third-order valence-corrected chi connectivity index (χ3v) is 4.12. The van der Waals surface area contributed by atoms with Crippen LogP contribution in [0.15, 0.2) is 18.2 Å². The standard InChI is InChI=1S/C14H19ClFN/c1-2-14(8-4-3-5-9-17-14)12-10-11(16)6-7-13(12)15/h6-7,10,17H,2-5,8-9H2,1H3. The molecule has 3 heteroatoms. The van der Waals surface area contributed by atoms with Crippen LogP contribution in [0, 0.1) is 5.82 Å². The van der Waals surface area contributed by atoms with Crippen LogP contribution in [0.5, 0.6) is 0 Å². The summed E-state index contributed by atoms with van der Waals surface area (Å²) in [4.78, 5) is 0. The lowest BCUT2D eigenvalue weighted by molar-refractivity contribution is 0.311. The predicted molar refractivity (Wildman–Crippen MR) is 69.8 cm³/mol. The van der Waals surface area contributed by atoms with Crippen LogP contribution < -0.4 is 5.32 Å². The van der Waals surface area contributed by atoms with Crippen molar-refractivity contribution in [2.75, 3.05) is 6.54 Å². The van der Waals surface area contributed by atoms with Crippen LogP contribution in [0.1, 0.15) is 44.6 Å². The first-order chi connectivity index (χ1) is 8.18. The summed E-state index contributed by atoms with van der Waals surface area (Å²) in [6.45, 7) is 3.13. The number of nitrogens with one attached hydrogen (secondary N) is 1. The van der Waals surface area contributed by atoms with E-state index in [-0.39, 0.29) is 11.4 Å². The summed E-state index contributed by atoms with van der Waals surface area (Å²) in [5, 5.41) is 4.25. The van der Waals surface area contributed by atoms with Crippen LogP contribution in [-0.4, -0.2) is 6.54 Å². The molecule has 1 N–H and O–H groups in total. The summed E-state index contributed by atoms with van der Waals surface area (Å²) in [6.07, 6.45) is 5.58. The van der Waals surface area contributed by atoms with Crippen molar-refractivity contribution in [3.05, 3.63) is 34.6 Å². The van der Waals surface area contributed by atoms with Crippen molar-refractivity contribution >= 4 is 11.6 Å². The molecule has 1 aliphatic rings. The van der Waals surface area contributed by atoms with Gasteiger partial charge in [0.15, 0.2) is 0 Å². The van der Waals surface area contributed by atoms with Gasteiger partial charge in [-0.3, -0.25) is 0 Å². The van der Waals surface area contributed by atoms with E-state index in [1.807, 2.05) is 0 Å². The molecular formula is C14H19ClFN. The highest BCUT2D eigenvalue weighted by Crippen LogP contribution is 2.37. The van der Waals surface area contributed by atoms with Gasteiger partial charge in [0.2, 0.25) is 0 Å². The number of hydrogen-bond donors (Lipinski definition) is 1. The van der Waals surface area contributed by atoms with Crippen molar-refractivity contribution < 1.29 is 4.39 Å². The third-order valence-electron chi connectivity index (χ3n) is 3.79. The molecule has 0 amide bonds. The van der Waals surface area contributed by atoms with E-state index in [0.717, 1.165) is 24.9 Å². The molecule has 1 aromatic rings. The van der Waals surface area contributed by atoms with E-state index in [1.54, 1.807) is 12.1 Å². The Kier molecular flexibility index (Phi) is 4.05. The molecular weight excluding hydrogens is 237 g/mol. The maximum Gasteiger partial charge on any atom is 0.123 e. The summed E-state index contributed by atoms with van der Waals surface area (Å²) in [5.74, 6) is -0.205. The van der Waals surface area contributed by atoms with Gasteiger partial charge in [0.1, 0.15) is 5.82 Å². The lowest BCUT2D eigenvalue weighted by Crippen LogP contribution is -2.41. The quantitative estimate of drug-likeness (QED) is 0.833. The predicted octanol–water partition coefficient (Wildman–Crippen LogP) is 4.25. The summed E-state index contributed by atoms with van der Waals surface area (Å²) in [6, 6.07) is 4.67. The van der Waals surface area contributed by atoms with Gasteiger partial charge in [0, 0.05) is 10.6 Å². The molecule has 1 fully saturated rings. The van der Waals surface area contributed by atoms with Crippen molar-refractivity contribution in [1.29, 1.82) is 0 Å². The van der Waals surface area contributed by atoms with E-state index < -0.39 is 0 Å². The van der Waals surface area contributed by atoms with Crippen molar-refractivity contribution in [2.45, 2.75) is 44.6 Å². The normalized spacial score (nSPS) is 25.6. The lowest BCUT2D eigenvalue weighted by atomic mass is 9.83. The van der Waals surface area contributed by atoms with Gasteiger partial charge in [0.25, 0.3) is 0 Å². The first-order valence-electron chi connectivity index (χ1n) is 6.38. The van der Waals surface area contributed by atoms with Crippen LogP contribution in [0.3, 0.4) is 0 Å². The van der Waals surface area contributed by atoms with Gasteiger partial charge in [-0.1, -0.05) is 31.4 Å². The summed E-state index contributed by atoms with van der Waals surface area (Å²) < 4.78 is 13.4. The average Bonchev–Trinajstić information content (AvgIpc) is 2.58. The summed E-state index contributed by atoms with van der Waals surface area (Å²) in [5.41, 5.74) is 0.777. The molecule has 0 saturated carbocycles. The molecule has 0 radical (unpaired) electrons. The molecule has 1 nitrogen and oxygen atoms in total. The Morgan fingerprint density at radius 2 is 2.18 bits per heavy atom. The number of halogens is 2. The van der Waals surface area contributed by atoms with E-state index in [0.29, 0.717) is 5.02 Å². The van der Waals surface area contributed by atoms with Gasteiger partial charge in [0.05, 0.1) is 0 Å². The molecule has 1 aliphatic heterocycles. The monoisotopic (exact) mass is 255 g/mol. The van der Waals surface area contributed by atoms with Gasteiger partial charge in [-0.15, -0.1) is 0 Å². The van der Waals surface area contributed by atoms with Gasteiger partial charge in [-0.05, 0) is 49.6 Å². The maximum absolute atomic E-state index is 13.4. The summed E-state index contributed by atoms with van der Waals surface area (Å²) >= 11 is 6.24. The van der Waals surface area contributed by atoms with Crippen LogP contribution in [0.25, 0.3) is 0 Å². The molecule has 94 valence electrons. The first-order valence-corrected chi connectivity index (χ1v) is 6.76. The molecule has 1 unspecified atom stereocenters. The summed E-state index contributed by atoms with van der Waals surface area (Å²) in [7, 11) is 0. The first kappa shape index (κ1) is 12.8. The maximum atomic E-state index is 13.4. The Hall–Kier alpha value is -0.600. The fourth-order valence-corrected chi connectivity index (χ4v) is 3.03. The highest BCUT2D eigenvalue weighted by atomic mass is 35.5. The zero-order valence-corrected chi connectivity index (χ0v) is 11.0. The van der Waals surface area contributed by atoms with E-state index in [4.69, 9.17) is 11.6 Å². The van der Waals surface area contributed by atoms with Crippen LogP contribution in [0.2, 0.25) is 5.02 Å². The van der Waals surface area contributed by atoms with Crippen molar-refractivity contribution in [2.24, 2.45) is 0 Å². The van der Waals surface area contributed by atoms with Gasteiger partial charge < -0.3 is 5.32 Å². The van der Waals surface area contributed by atoms with E-state index >= 15 is 0 Å². The lowest BCUT2D eigenvalue weighted by Gasteiger charge is -2.34. The van der Waals surface area contributed by atoms with Crippen molar-refractivity contribution in [3.63, 3.8) is 0 Å². The second kappa shape index (κ2) is 5.36. The highest BCUT2D eigenvalue weighted by molar-refractivity contribution is 6.31. The van der Waals surface area contributed by atoms with Crippen molar-refractivity contribution in [3.8, 4) is 0 Å². The van der Waals surface area contributed by atoms with E-state index in [9.17, 15) is 4.39 Å². The van der Waals surface area contributed by atoms with Crippen molar-refractivity contribution in [1.82, 2.24) is 5.32 Å². The zero-order valence-electron chi connectivity index (χ0n) is 10.2. The van der Waals surface area contributed by atoms with Crippen LogP contribution in [0.4, 0.5) is 4.39 Å². The molecule has 0 spiro atoms. The van der Waals surface area contributed by atoms with Gasteiger partial charge in [-0.2, -0.15) is 0 Å². The molecule has 2 rings (SSSR count). The van der Waals surface area contributed by atoms with Gasteiger partial charge >= 0.3 is 0 Å². The Bertz CT molecular complexity index is 384. The minimum Gasteiger partial charge on any atom is -0.307 e. The van der Waals surface area contributed by atoms with Crippen LogP contribution >= 0.6 is 11.6 Å². The molecule has 1 atom stereocenters. The molecule has 0 aromatic heterocycles. The molecule has 1 heterocycles. The van der Waals surface area contributed by atoms with E-state index in [2.05, 4.69) is 12.2 Å². The highest BCUT2D eigenvalue weighted by Gasteiger charge is 2.32. The third kappa shape index (κ3) is 2.63. The smallest absolute Gasteiger partial charge is 0.123 e. The molecule has 1 saturated heterocycles. The van der Waals surface area contributed by atoms with Gasteiger partial charge in [-0.25, -0.2) is 4.39 Å². The Balaban J connectivity index is 2.41. The molecule has 1 aromatic carbocycles. The number of hydrogen-bond acceptors (Lipinski definition) is 1. The van der Waals surface area contributed by atoms with E-state index in [1.165, 1.54) is 25.3 Å². The number of benzene rings is 1. The second-order valence-electron chi connectivity index (χ2n) is 4.80. The Labute approximate surface area is 107 Å². The number of rotatable bonds is 2. The fourth-order valence-electron chi connectivity index (χ4n) is 2.73. The topological polar surface area (TPSA) is 12.0 Å². The molecule has 0 bridgehead atoms. The molecule has 0 aliphatic carbocycles. The average molecular weight is 256 g/mol. The van der Waals surface area contributed by atoms with Crippen LogP contribution in [-0.2, 0) is 5.54 Å². The minimum absolute atomic E-state index is 0.143. The largest absolute Gasteiger partial charge is 0.307 e. The SMILES string of the molecule is CCC1(c2cc(F)ccc2Cl)CCCCCN1. The Morgan fingerprint density at radius 3 is 2.94 bits per heavy atom. The second-order valence-corrected chi connectivity index (χ2v) is 5.20. The molecule has 17 heavy (non-hydrogen) atoms. The minimum atomic E-state index is -0.205. The fraction of sp³-hybridized carbons (Fsp3) is 0.571. The Morgan fingerprint density at radius 1 is 1.35 bits per heavy atom. The zero-order chi connectivity index (χ0) is 12.3.